The lowest BCUT2D eigenvalue weighted by Crippen LogP contribution is -2.39. The SMILES string of the molecule is COc1ccc(NC(=O)CNC2CCCCCC2C)cc1. The van der Waals surface area contributed by atoms with Gasteiger partial charge in [-0.2, -0.15) is 0 Å². The number of hydrogen-bond donors (Lipinski definition) is 2. The van der Waals surface area contributed by atoms with Crippen LogP contribution in [0.15, 0.2) is 24.3 Å². The molecular weight excluding hydrogens is 264 g/mol. The van der Waals surface area contributed by atoms with E-state index in [1.807, 2.05) is 24.3 Å². The molecule has 1 fully saturated rings. The summed E-state index contributed by atoms with van der Waals surface area (Å²) in [4.78, 5) is 12.0. The molecule has 4 nitrogen and oxygen atoms in total. The van der Waals surface area contributed by atoms with Crippen LogP contribution in [0.25, 0.3) is 0 Å². The van der Waals surface area contributed by atoms with Gasteiger partial charge >= 0.3 is 0 Å². The number of ether oxygens (including phenoxy) is 1. The van der Waals surface area contributed by atoms with Crippen molar-refractivity contribution in [2.45, 2.75) is 45.1 Å². The second-order valence-electron chi connectivity index (χ2n) is 5.88. The van der Waals surface area contributed by atoms with E-state index in [0.717, 1.165) is 11.4 Å². The van der Waals surface area contributed by atoms with E-state index in [-0.39, 0.29) is 5.91 Å². The van der Waals surface area contributed by atoms with Crippen molar-refractivity contribution in [3.05, 3.63) is 24.3 Å². The van der Waals surface area contributed by atoms with E-state index in [1.54, 1.807) is 7.11 Å². The summed E-state index contributed by atoms with van der Waals surface area (Å²) in [6.07, 6.45) is 6.34. The lowest BCUT2D eigenvalue weighted by molar-refractivity contribution is -0.115. The minimum absolute atomic E-state index is 0.0108. The highest BCUT2D eigenvalue weighted by molar-refractivity contribution is 5.92. The summed E-state index contributed by atoms with van der Waals surface area (Å²) in [6, 6.07) is 7.86. The van der Waals surface area contributed by atoms with E-state index >= 15 is 0 Å². The van der Waals surface area contributed by atoms with Gasteiger partial charge in [0.25, 0.3) is 0 Å². The predicted molar refractivity (Wildman–Crippen MR) is 85.7 cm³/mol. The predicted octanol–water partition coefficient (Wildman–Crippen LogP) is 3.19. The summed E-state index contributed by atoms with van der Waals surface area (Å²) in [5.41, 5.74) is 0.802. The largest absolute Gasteiger partial charge is 0.497 e. The van der Waals surface area contributed by atoms with Crippen LogP contribution in [0, 0.1) is 5.92 Å². The molecule has 1 amide bonds. The Morgan fingerprint density at radius 1 is 1.19 bits per heavy atom. The molecule has 0 radical (unpaired) electrons. The zero-order chi connectivity index (χ0) is 15.1. The molecule has 116 valence electrons. The maximum absolute atomic E-state index is 12.0. The molecule has 0 spiro atoms. The molecule has 1 aliphatic carbocycles. The molecule has 2 atom stereocenters. The lowest BCUT2D eigenvalue weighted by atomic mass is 9.97. The molecule has 0 heterocycles. The average molecular weight is 290 g/mol. The molecule has 0 aromatic heterocycles. The van der Waals surface area contributed by atoms with Gasteiger partial charge < -0.3 is 15.4 Å². The van der Waals surface area contributed by atoms with E-state index in [1.165, 1.54) is 32.1 Å². The van der Waals surface area contributed by atoms with Gasteiger partial charge in [-0.05, 0) is 43.0 Å². The van der Waals surface area contributed by atoms with Crippen LogP contribution >= 0.6 is 0 Å². The highest BCUT2D eigenvalue weighted by Crippen LogP contribution is 2.22. The molecule has 0 aliphatic heterocycles. The second-order valence-corrected chi connectivity index (χ2v) is 5.88. The Labute approximate surface area is 127 Å². The molecule has 0 saturated heterocycles. The van der Waals surface area contributed by atoms with E-state index in [4.69, 9.17) is 4.74 Å². The lowest BCUT2D eigenvalue weighted by Gasteiger charge is -2.22. The summed E-state index contributed by atoms with van der Waals surface area (Å²) in [5, 5.41) is 6.32. The number of hydrogen-bond acceptors (Lipinski definition) is 3. The van der Waals surface area contributed by atoms with E-state index in [9.17, 15) is 4.79 Å². The number of carbonyl (C=O) groups excluding carboxylic acids is 1. The Morgan fingerprint density at radius 2 is 1.90 bits per heavy atom. The summed E-state index contributed by atoms with van der Waals surface area (Å²) >= 11 is 0. The Morgan fingerprint density at radius 3 is 2.62 bits per heavy atom. The molecule has 4 heteroatoms. The Bertz CT molecular complexity index is 445. The quantitative estimate of drug-likeness (QED) is 0.819. The normalized spacial score (nSPS) is 22.4. The maximum Gasteiger partial charge on any atom is 0.238 e. The number of benzene rings is 1. The highest BCUT2D eigenvalue weighted by Gasteiger charge is 2.19. The number of carbonyl (C=O) groups is 1. The van der Waals surface area contributed by atoms with Crippen LogP contribution < -0.4 is 15.4 Å². The Balaban J connectivity index is 1.78. The number of amides is 1. The number of nitrogens with one attached hydrogen (secondary N) is 2. The van der Waals surface area contributed by atoms with Crippen LogP contribution in [-0.4, -0.2) is 25.6 Å². The van der Waals surface area contributed by atoms with Gasteiger partial charge in [-0.15, -0.1) is 0 Å². The fourth-order valence-corrected chi connectivity index (χ4v) is 2.90. The van der Waals surface area contributed by atoms with Crippen LogP contribution in [0.4, 0.5) is 5.69 Å². The minimum Gasteiger partial charge on any atom is -0.497 e. The molecule has 2 unspecified atom stereocenters. The first-order valence-electron chi connectivity index (χ1n) is 7.86. The van der Waals surface area contributed by atoms with Gasteiger partial charge in [0.15, 0.2) is 0 Å². The molecule has 2 rings (SSSR count). The number of rotatable bonds is 5. The monoisotopic (exact) mass is 290 g/mol. The van der Waals surface area contributed by atoms with Crippen molar-refractivity contribution in [1.82, 2.24) is 5.32 Å². The molecule has 0 bridgehead atoms. The summed E-state index contributed by atoms with van der Waals surface area (Å²) in [6.45, 7) is 2.66. The first kappa shape index (κ1) is 15.8. The fraction of sp³-hybridized carbons (Fsp3) is 0.588. The van der Waals surface area contributed by atoms with Crippen molar-refractivity contribution < 1.29 is 9.53 Å². The molecule has 1 saturated carbocycles. The molecular formula is C17H26N2O2. The topological polar surface area (TPSA) is 50.4 Å². The zero-order valence-electron chi connectivity index (χ0n) is 13.0. The third kappa shape index (κ3) is 5.05. The van der Waals surface area contributed by atoms with Crippen molar-refractivity contribution in [3.8, 4) is 5.75 Å². The number of methoxy groups -OCH3 is 1. The van der Waals surface area contributed by atoms with E-state index < -0.39 is 0 Å². The van der Waals surface area contributed by atoms with Gasteiger partial charge in [0.2, 0.25) is 5.91 Å². The average Bonchev–Trinajstić information content (AvgIpc) is 2.70. The standard InChI is InChI=1S/C17H26N2O2/c1-13-6-4-3-5-7-16(13)18-12-17(20)19-14-8-10-15(21-2)11-9-14/h8-11,13,16,18H,3-7,12H2,1-2H3,(H,19,20). The van der Waals surface area contributed by atoms with Gasteiger partial charge in [-0.3, -0.25) is 4.79 Å². The minimum atomic E-state index is 0.0108. The Hall–Kier alpha value is -1.55. The molecule has 21 heavy (non-hydrogen) atoms. The smallest absolute Gasteiger partial charge is 0.238 e. The first-order valence-corrected chi connectivity index (χ1v) is 7.86. The first-order chi connectivity index (χ1) is 10.2. The van der Waals surface area contributed by atoms with Crippen molar-refractivity contribution in [3.63, 3.8) is 0 Å². The maximum atomic E-state index is 12.0. The van der Waals surface area contributed by atoms with Crippen LogP contribution in [0.3, 0.4) is 0 Å². The highest BCUT2D eigenvalue weighted by atomic mass is 16.5. The summed E-state index contributed by atoms with van der Waals surface area (Å²) in [5.74, 6) is 1.45. The fourth-order valence-electron chi connectivity index (χ4n) is 2.90. The van der Waals surface area contributed by atoms with Crippen molar-refractivity contribution in [2.75, 3.05) is 19.0 Å². The zero-order valence-corrected chi connectivity index (χ0v) is 13.0. The molecule has 2 N–H and O–H groups in total. The third-order valence-corrected chi connectivity index (χ3v) is 4.26. The van der Waals surface area contributed by atoms with Crippen molar-refractivity contribution in [1.29, 1.82) is 0 Å². The van der Waals surface area contributed by atoms with Gasteiger partial charge in [0, 0.05) is 11.7 Å². The van der Waals surface area contributed by atoms with Crippen LogP contribution in [0.1, 0.15) is 39.0 Å². The van der Waals surface area contributed by atoms with Gasteiger partial charge in [0.1, 0.15) is 5.75 Å². The second kappa shape index (κ2) is 8.03. The van der Waals surface area contributed by atoms with Crippen LogP contribution in [0.5, 0.6) is 5.75 Å². The third-order valence-electron chi connectivity index (χ3n) is 4.26. The van der Waals surface area contributed by atoms with E-state index in [2.05, 4.69) is 17.6 Å². The van der Waals surface area contributed by atoms with E-state index in [0.29, 0.717) is 18.5 Å². The number of anilines is 1. The Kier molecular flexibility index (Phi) is 6.05. The summed E-state index contributed by atoms with van der Waals surface area (Å²) in [7, 11) is 1.63. The molecule has 1 aliphatic rings. The van der Waals surface area contributed by atoms with Gasteiger partial charge in [-0.25, -0.2) is 0 Å². The molecule has 1 aromatic carbocycles. The van der Waals surface area contributed by atoms with Crippen molar-refractivity contribution >= 4 is 11.6 Å². The van der Waals surface area contributed by atoms with Crippen LogP contribution in [-0.2, 0) is 4.79 Å². The summed E-state index contributed by atoms with van der Waals surface area (Å²) < 4.78 is 5.10. The van der Waals surface area contributed by atoms with Gasteiger partial charge in [0.05, 0.1) is 13.7 Å². The molecule has 1 aromatic rings. The van der Waals surface area contributed by atoms with Crippen LogP contribution in [0.2, 0.25) is 0 Å². The van der Waals surface area contributed by atoms with Gasteiger partial charge in [-0.1, -0.05) is 26.2 Å². The van der Waals surface area contributed by atoms with Crippen molar-refractivity contribution in [2.24, 2.45) is 5.92 Å².